The summed E-state index contributed by atoms with van der Waals surface area (Å²) in [7, 11) is 0. The van der Waals surface area contributed by atoms with Crippen molar-refractivity contribution in [3.05, 3.63) is 48.0 Å². The number of nitrogens with two attached hydrogens (primary N) is 3. The number of nitrogens with one attached hydrogen (secondary N) is 1. The minimum absolute atomic E-state index is 0.484. The maximum absolute atomic E-state index is 5.79. The zero-order chi connectivity index (χ0) is 22.3. The van der Waals surface area contributed by atoms with Gasteiger partial charge in [-0.15, -0.1) is 0 Å². The molecule has 1 aliphatic rings. The number of hydrogen-bond acceptors (Lipinski definition) is 7. The number of hydrogen-bond donors (Lipinski definition) is 4. The SMILES string of the molecule is CCCCC1CCCN1Cc1cc(N)ccn1.NCCCCNc1ccnc(CN)c1. The van der Waals surface area contributed by atoms with Crippen LogP contribution in [0, 0.1) is 0 Å². The van der Waals surface area contributed by atoms with Gasteiger partial charge in [0.1, 0.15) is 0 Å². The van der Waals surface area contributed by atoms with Crippen molar-refractivity contribution in [1.82, 2.24) is 14.9 Å². The van der Waals surface area contributed by atoms with Crippen LogP contribution in [0.15, 0.2) is 36.7 Å². The quantitative estimate of drug-likeness (QED) is 0.405. The van der Waals surface area contributed by atoms with Gasteiger partial charge in [-0.2, -0.15) is 0 Å². The van der Waals surface area contributed by atoms with Gasteiger partial charge in [-0.25, -0.2) is 0 Å². The van der Waals surface area contributed by atoms with Crippen molar-refractivity contribution >= 4 is 11.4 Å². The Hall–Kier alpha value is -2.22. The van der Waals surface area contributed by atoms with Crippen LogP contribution in [0.25, 0.3) is 0 Å². The molecule has 0 spiro atoms. The van der Waals surface area contributed by atoms with E-state index in [1.807, 2.05) is 30.5 Å². The Morgan fingerprint density at radius 2 is 1.87 bits per heavy atom. The van der Waals surface area contributed by atoms with E-state index in [0.717, 1.165) is 61.3 Å². The number of nitrogens with zero attached hydrogens (tertiary/aromatic N) is 3. The molecule has 0 aromatic carbocycles. The standard InChI is InChI=1S/C14H23N3.C10H18N4/c1-2-3-5-14-6-4-9-17(14)11-13-10-12(15)7-8-16-13;11-4-1-2-5-13-9-3-6-14-10(7-9)8-12/h7-8,10,14H,2-6,9,11H2,1H3,(H2,15,16);3,6-7H,1-2,4-5,8,11-12H2,(H,13,14). The zero-order valence-corrected chi connectivity index (χ0v) is 19.1. The number of rotatable bonds is 11. The van der Waals surface area contributed by atoms with Crippen LogP contribution in [0.1, 0.15) is 63.3 Å². The van der Waals surface area contributed by atoms with Crippen molar-refractivity contribution in [1.29, 1.82) is 0 Å². The van der Waals surface area contributed by atoms with Crippen LogP contribution < -0.4 is 22.5 Å². The average Bonchev–Trinajstić information content (AvgIpc) is 3.22. The van der Waals surface area contributed by atoms with Gasteiger partial charge in [-0.05, 0) is 69.5 Å². The van der Waals surface area contributed by atoms with E-state index >= 15 is 0 Å². The zero-order valence-electron chi connectivity index (χ0n) is 19.1. The molecule has 7 N–H and O–H groups in total. The third kappa shape index (κ3) is 9.63. The Morgan fingerprint density at radius 1 is 1.06 bits per heavy atom. The van der Waals surface area contributed by atoms with E-state index in [1.54, 1.807) is 6.20 Å². The summed E-state index contributed by atoms with van der Waals surface area (Å²) in [6.07, 6.45) is 12.4. The molecule has 31 heavy (non-hydrogen) atoms. The van der Waals surface area contributed by atoms with Gasteiger partial charge in [0, 0.05) is 49.4 Å². The molecule has 3 heterocycles. The Balaban J connectivity index is 0.000000225. The third-order valence-corrected chi connectivity index (χ3v) is 5.58. The molecule has 7 nitrogen and oxygen atoms in total. The molecule has 3 rings (SSSR count). The largest absolute Gasteiger partial charge is 0.399 e. The van der Waals surface area contributed by atoms with Crippen LogP contribution in [0.4, 0.5) is 11.4 Å². The Morgan fingerprint density at radius 3 is 2.61 bits per heavy atom. The van der Waals surface area contributed by atoms with E-state index in [1.165, 1.54) is 38.6 Å². The fraction of sp³-hybridized carbons (Fsp3) is 0.583. The Labute approximate surface area is 187 Å². The van der Waals surface area contributed by atoms with E-state index in [-0.39, 0.29) is 0 Å². The molecule has 0 bridgehead atoms. The smallest absolute Gasteiger partial charge is 0.0564 e. The second-order valence-electron chi connectivity index (χ2n) is 8.15. The number of anilines is 2. The van der Waals surface area contributed by atoms with Crippen LogP contribution >= 0.6 is 0 Å². The van der Waals surface area contributed by atoms with Gasteiger partial charge < -0.3 is 22.5 Å². The Bertz CT molecular complexity index is 737. The molecule has 172 valence electrons. The predicted octanol–water partition coefficient (Wildman–Crippen LogP) is 3.51. The van der Waals surface area contributed by atoms with E-state index in [2.05, 4.69) is 27.1 Å². The summed E-state index contributed by atoms with van der Waals surface area (Å²) in [6, 6.07) is 8.53. The highest BCUT2D eigenvalue weighted by molar-refractivity contribution is 5.43. The van der Waals surface area contributed by atoms with Crippen molar-refractivity contribution in [2.45, 2.75) is 71.0 Å². The van der Waals surface area contributed by atoms with Crippen molar-refractivity contribution in [3.8, 4) is 0 Å². The highest BCUT2D eigenvalue weighted by Crippen LogP contribution is 2.23. The fourth-order valence-corrected chi connectivity index (χ4v) is 3.86. The normalized spacial score (nSPS) is 16.0. The molecule has 0 saturated carbocycles. The van der Waals surface area contributed by atoms with Crippen LogP contribution in [-0.4, -0.2) is 40.5 Å². The van der Waals surface area contributed by atoms with Crippen molar-refractivity contribution in [2.75, 3.05) is 30.7 Å². The monoisotopic (exact) mass is 427 g/mol. The van der Waals surface area contributed by atoms with E-state index in [4.69, 9.17) is 17.2 Å². The number of likely N-dealkylation sites (tertiary alicyclic amines) is 1. The molecule has 0 aliphatic carbocycles. The van der Waals surface area contributed by atoms with Crippen molar-refractivity contribution in [3.63, 3.8) is 0 Å². The van der Waals surface area contributed by atoms with Gasteiger partial charge in [0.25, 0.3) is 0 Å². The minimum atomic E-state index is 0.484. The lowest BCUT2D eigenvalue weighted by atomic mass is 10.1. The van der Waals surface area contributed by atoms with Crippen molar-refractivity contribution < 1.29 is 0 Å². The van der Waals surface area contributed by atoms with Gasteiger partial charge >= 0.3 is 0 Å². The molecule has 1 saturated heterocycles. The summed E-state index contributed by atoms with van der Waals surface area (Å²) in [5, 5.41) is 3.30. The summed E-state index contributed by atoms with van der Waals surface area (Å²) in [5.74, 6) is 0. The highest BCUT2D eigenvalue weighted by atomic mass is 15.2. The Kier molecular flexibility index (Phi) is 11.9. The second kappa shape index (κ2) is 14.7. The molecule has 1 atom stereocenters. The molecule has 1 fully saturated rings. The molecule has 0 radical (unpaired) electrons. The summed E-state index contributed by atoms with van der Waals surface area (Å²) >= 11 is 0. The summed E-state index contributed by atoms with van der Waals surface area (Å²) < 4.78 is 0. The van der Waals surface area contributed by atoms with Crippen LogP contribution in [0.3, 0.4) is 0 Å². The van der Waals surface area contributed by atoms with Gasteiger partial charge in [-0.3, -0.25) is 14.9 Å². The molecule has 1 unspecified atom stereocenters. The maximum Gasteiger partial charge on any atom is 0.0564 e. The molecular weight excluding hydrogens is 386 g/mol. The fourth-order valence-electron chi connectivity index (χ4n) is 3.86. The van der Waals surface area contributed by atoms with E-state index in [9.17, 15) is 0 Å². The predicted molar refractivity (Wildman–Crippen MR) is 131 cm³/mol. The van der Waals surface area contributed by atoms with Crippen molar-refractivity contribution in [2.24, 2.45) is 11.5 Å². The number of nitrogen functional groups attached to an aromatic ring is 1. The van der Waals surface area contributed by atoms with Gasteiger partial charge in [0.05, 0.1) is 11.4 Å². The lowest BCUT2D eigenvalue weighted by Crippen LogP contribution is -2.29. The first-order valence-corrected chi connectivity index (χ1v) is 11.7. The first-order valence-electron chi connectivity index (χ1n) is 11.7. The molecule has 0 amide bonds. The van der Waals surface area contributed by atoms with Gasteiger partial charge in [0.15, 0.2) is 0 Å². The number of unbranched alkanes of at least 4 members (excludes halogenated alkanes) is 2. The van der Waals surface area contributed by atoms with Gasteiger partial charge in [-0.1, -0.05) is 19.8 Å². The van der Waals surface area contributed by atoms with E-state index < -0.39 is 0 Å². The lowest BCUT2D eigenvalue weighted by molar-refractivity contribution is 0.229. The van der Waals surface area contributed by atoms with Crippen LogP contribution in [0.5, 0.6) is 0 Å². The molecule has 2 aromatic heterocycles. The van der Waals surface area contributed by atoms with E-state index in [0.29, 0.717) is 6.54 Å². The summed E-state index contributed by atoms with van der Waals surface area (Å²) in [5.41, 5.74) is 20.6. The summed E-state index contributed by atoms with van der Waals surface area (Å²) in [4.78, 5) is 11.1. The number of pyridine rings is 2. The molecular formula is C24H41N7. The maximum atomic E-state index is 5.79. The average molecular weight is 428 g/mol. The topological polar surface area (TPSA) is 119 Å². The van der Waals surface area contributed by atoms with Gasteiger partial charge in [0.2, 0.25) is 0 Å². The first-order chi connectivity index (χ1) is 15.2. The lowest BCUT2D eigenvalue weighted by Gasteiger charge is -2.24. The molecule has 1 aliphatic heterocycles. The third-order valence-electron chi connectivity index (χ3n) is 5.58. The molecule has 2 aromatic rings. The summed E-state index contributed by atoms with van der Waals surface area (Å²) in [6.45, 7) is 6.62. The molecule has 7 heteroatoms. The second-order valence-corrected chi connectivity index (χ2v) is 8.15. The van der Waals surface area contributed by atoms with Crippen LogP contribution in [-0.2, 0) is 13.1 Å². The highest BCUT2D eigenvalue weighted by Gasteiger charge is 2.23. The number of aromatic nitrogens is 2. The first kappa shape index (κ1) is 25.0. The minimum Gasteiger partial charge on any atom is -0.399 e. The van der Waals surface area contributed by atoms with Crippen LogP contribution in [0.2, 0.25) is 0 Å².